The highest BCUT2D eigenvalue weighted by molar-refractivity contribution is 5.81. The number of carbonyl (C=O) groups is 1. The third kappa shape index (κ3) is 3.25. The lowest BCUT2D eigenvalue weighted by Crippen LogP contribution is -2.55. The van der Waals surface area contributed by atoms with Gasteiger partial charge in [-0.25, -0.2) is 4.39 Å². The molecule has 3 N–H and O–H groups in total. The van der Waals surface area contributed by atoms with Crippen molar-refractivity contribution in [1.29, 1.82) is 0 Å². The maximum Gasteiger partial charge on any atom is 0.224 e. The topological polar surface area (TPSA) is 82.8 Å². The lowest BCUT2D eigenvalue weighted by molar-refractivity contribution is -0.144. The van der Waals surface area contributed by atoms with E-state index in [4.69, 9.17) is 19.9 Å². The Labute approximate surface area is 152 Å². The highest BCUT2D eigenvalue weighted by Gasteiger charge is 2.48. The minimum absolute atomic E-state index is 0.000464. The Kier molecular flexibility index (Phi) is 5.00. The number of fused-ring (bicyclic) bond motifs is 2. The van der Waals surface area contributed by atoms with Gasteiger partial charge in [-0.15, -0.1) is 0 Å². The van der Waals surface area contributed by atoms with Crippen molar-refractivity contribution in [1.82, 2.24) is 5.32 Å². The smallest absolute Gasteiger partial charge is 0.224 e. The quantitative estimate of drug-likeness (QED) is 0.850. The van der Waals surface area contributed by atoms with Crippen molar-refractivity contribution in [2.24, 2.45) is 17.6 Å². The maximum absolute atomic E-state index is 13.8. The predicted octanol–water partition coefficient (Wildman–Crippen LogP) is 1.73. The van der Waals surface area contributed by atoms with E-state index in [9.17, 15) is 9.18 Å². The zero-order chi connectivity index (χ0) is 18.1. The molecule has 1 aromatic carbocycles. The van der Waals surface area contributed by atoms with E-state index in [-0.39, 0.29) is 36.3 Å². The molecule has 7 heteroatoms. The molecule has 1 saturated carbocycles. The summed E-state index contributed by atoms with van der Waals surface area (Å²) in [5, 5.41) is 3.05. The Balaban J connectivity index is 1.63. The molecule has 0 spiro atoms. The van der Waals surface area contributed by atoms with E-state index in [1.807, 2.05) is 18.2 Å². The fourth-order valence-electron chi connectivity index (χ4n) is 4.38. The average Bonchev–Trinajstić information content (AvgIpc) is 2.67. The van der Waals surface area contributed by atoms with Gasteiger partial charge in [-0.2, -0.15) is 0 Å². The normalized spacial score (nSPS) is 33.3. The molecule has 4 rings (SSSR count). The van der Waals surface area contributed by atoms with E-state index < -0.39 is 6.17 Å². The minimum Gasteiger partial charge on any atom is -0.486 e. The molecule has 1 aliphatic carbocycles. The second-order valence-corrected chi connectivity index (χ2v) is 7.19. The van der Waals surface area contributed by atoms with E-state index >= 15 is 0 Å². The van der Waals surface area contributed by atoms with Crippen LogP contribution in [0.3, 0.4) is 0 Å². The number of hydrogen-bond acceptors (Lipinski definition) is 5. The Bertz CT molecular complexity index is 671. The van der Waals surface area contributed by atoms with Gasteiger partial charge in [-0.05, 0) is 42.9 Å². The van der Waals surface area contributed by atoms with Crippen molar-refractivity contribution in [2.45, 2.75) is 37.6 Å². The van der Waals surface area contributed by atoms with Gasteiger partial charge in [-0.3, -0.25) is 4.79 Å². The van der Waals surface area contributed by atoms with Crippen LogP contribution in [0.4, 0.5) is 4.39 Å². The lowest BCUT2D eigenvalue weighted by Gasteiger charge is -2.45. The van der Waals surface area contributed by atoms with Gasteiger partial charge < -0.3 is 25.3 Å². The van der Waals surface area contributed by atoms with Gasteiger partial charge in [-0.1, -0.05) is 6.07 Å². The summed E-state index contributed by atoms with van der Waals surface area (Å²) in [6, 6.07) is 5.39. The van der Waals surface area contributed by atoms with E-state index in [1.165, 1.54) is 0 Å². The number of ether oxygens (including phenoxy) is 3. The highest BCUT2D eigenvalue weighted by Crippen LogP contribution is 2.44. The summed E-state index contributed by atoms with van der Waals surface area (Å²) in [6.45, 7) is 1.84. The molecule has 1 saturated heterocycles. The minimum atomic E-state index is -0.914. The molecule has 5 atom stereocenters. The molecule has 0 aromatic heterocycles. The van der Waals surface area contributed by atoms with Crippen LogP contribution in [0, 0.1) is 11.8 Å². The molecular formula is C19H25FN2O4. The summed E-state index contributed by atoms with van der Waals surface area (Å²) in [6.07, 6.45) is 0.256. The highest BCUT2D eigenvalue weighted by atomic mass is 19.1. The van der Waals surface area contributed by atoms with Gasteiger partial charge in [0.2, 0.25) is 5.91 Å². The zero-order valence-corrected chi connectivity index (χ0v) is 14.7. The van der Waals surface area contributed by atoms with E-state index in [0.717, 1.165) is 5.56 Å². The van der Waals surface area contributed by atoms with E-state index in [0.29, 0.717) is 50.7 Å². The Morgan fingerprint density at radius 3 is 2.85 bits per heavy atom. The summed E-state index contributed by atoms with van der Waals surface area (Å²) in [5.74, 6) is 0.952. The van der Waals surface area contributed by atoms with Crippen molar-refractivity contribution >= 4 is 5.91 Å². The van der Waals surface area contributed by atoms with E-state index in [2.05, 4.69) is 5.32 Å². The van der Waals surface area contributed by atoms with Gasteiger partial charge in [0.05, 0.1) is 18.8 Å². The Morgan fingerprint density at radius 2 is 2.04 bits per heavy atom. The number of nitrogens with two attached hydrogens (primary N) is 1. The molecule has 2 heterocycles. The zero-order valence-electron chi connectivity index (χ0n) is 14.7. The second kappa shape index (κ2) is 7.40. The number of nitrogens with one attached hydrogen (secondary N) is 1. The maximum atomic E-state index is 13.8. The molecule has 1 amide bonds. The van der Waals surface area contributed by atoms with Crippen molar-refractivity contribution in [2.75, 3.05) is 26.4 Å². The van der Waals surface area contributed by atoms with Crippen LogP contribution in [-0.2, 0) is 9.53 Å². The first kappa shape index (κ1) is 17.5. The Morgan fingerprint density at radius 1 is 1.23 bits per heavy atom. The van der Waals surface area contributed by atoms with Crippen LogP contribution in [0.25, 0.3) is 0 Å². The number of alkyl halides is 1. The van der Waals surface area contributed by atoms with Gasteiger partial charge in [0, 0.05) is 12.5 Å². The van der Waals surface area contributed by atoms with Crippen LogP contribution in [-0.4, -0.2) is 44.5 Å². The molecule has 5 unspecified atom stereocenters. The Hall–Kier alpha value is -1.86. The van der Waals surface area contributed by atoms with Gasteiger partial charge in [0.15, 0.2) is 11.5 Å². The van der Waals surface area contributed by atoms with Crippen molar-refractivity contribution in [3.63, 3.8) is 0 Å². The molecule has 3 aliphatic rings. The monoisotopic (exact) mass is 364 g/mol. The molecule has 26 heavy (non-hydrogen) atoms. The predicted molar refractivity (Wildman–Crippen MR) is 92.8 cm³/mol. The molecule has 0 bridgehead atoms. The van der Waals surface area contributed by atoms with Crippen LogP contribution in [0.1, 0.15) is 30.9 Å². The third-order valence-electron chi connectivity index (χ3n) is 5.58. The van der Waals surface area contributed by atoms with E-state index in [1.54, 1.807) is 0 Å². The second-order valence-electron chi connectivity index (χ2n) is 7.19. The number of carbonyl (C=O) groups excluding carboxylic acids is 1. The summed E-state index contributed by atoms with van der Waals surface area (Å²) in [7, 11) is 0. The fraction of sp³-hybridized carbons (Fsp3) is 0.632. The van der Waals surface area contributed by atoms with Crippen molar-refractivity contribution in [3.8, 4) is 11.5 Å². The molecule has 1 aromatic rings. The fourth-order valence-corrected chi connectivity index (χ4v) is 4.38. The molecular weight excluding hydrogens is 339 g/mol. The van der Waals surface area contributed by atoms with Crippen LogP contribution in [0.2, 0.25) is 0 Å². The van der Waals surface area contributed by atoms with Crippen molar-refractivity contribution < 1.29 is 23.4 Å². The van der Waals surface area contributed by atoms with Gasteiger partial charge in [0.25, 0.3) is 0 Å². The number of piperidine rings is 1. The molecule has 2 fully saturated rings. The first-order valence-electron chi connectivity index (χ1n) is 9.33. The summed E-state index contributed by atoms with van der Waals surface area (Å²) in [5.41, 5.74) is 6.54. The standard InChI is InChI=1S/C19H25FN2O4/c20-12-2-3-13-14(10-12)19(23)22-17(18(13)26-6-5-21)11-1-4-15-16(9-11)25-8-7-24-15/h1,4,9,12-14,17-18H,2-3,5-8,10,21H2,(H,22,23). The number of benzene rings is 1. The lowest BCUT2D eigenvalue weighted by atomic mass is 9.70. The first-order valence-corrected chi connectivity index (χ1v) is 9.33. The van der Waals surface area contributed by atoms with Gasteiger partial charge in [0.1, 0.15) is 19.4 Å². The number of rotatable bonds is 4. The number of halogens is 1. The number of hydrogen-bond donors (Lipinski definition) is 2. The first-order chi connectivity index (χ1) is 12.7. The largest absolute Gasteiger partial charge is 0.486 e. The van der Waals surface area contributed by atoms with Gasteiger partial charge >= 0.3 is 0 Å². The van der Waals surface area contributed by atoms with Crippen LogP contribution in [0.5, 0.6) is 11.5 Å². The summed E-state index contributed by atoms with van der Waals surface area (Å²) >= 11 is 0. The van der Waals surface area contributed by atoms with Crippen LogP contribution >= 0.6 is 0 Å². The molecule has 6 nitrogen and oxygen atoms in total. The van der Waals surface area contributed by atoms with Crippen molar-refractivity contribution in [3.05, 3.63) is 23.8 Å². The SMILES string of the molecule is NCCOC1C(c2ccc3c(c2)OCCO3)NC(=O)C2CC(F)CCC21. The molecule has 0 radical (unpaired) electrons. The summed E-state index contributed by atoms with van der Waals surface area (Å²) < 4.78 is 31.2. The third-order valence-corrected chi connectivity index (χ3v) is 5.58. The number of amides is 1. The molecule has 142 valence electrons. The average molecular weight is 364 g/mol. The summed E-state index contributed by atoms with van der Waals surface area (Å²) in [4.78, 5) is 12.7. The molecule has 2 aliphatic heterocycles. The van der Waals surface area contributed by atoms with Crippen LogP contribution in [0.15, 0.2) is 18.2 Å². The van der Waals surface area contributed by atoms with Crippen LogP contribution < -0.4 is 20.5 Å².